The number of ether oxygens (including phenoxy) is 1. The van der Waals surface area contributed by atoms with Crippen LogP contribution in [0.1, 0.15) is 50.1 Å². The molecule has 2 nitrogen and oxygen atoms in total. The third-order valence-corrected chi connectivity index (χ3v) is 6.58. The first kappa shape index (κ1) is 14.3. The Morgan fingerprint density at radius 1 is 1.47 bits per heavy atom. The molecule has 3 rings (SSSR count). The summed E-state index contributed by atoms with van der Waals surface area (Å²) in [5, 5.41) is 5.87. The van der Waals surface area contributed by atoms with Gasteiger partial charge in [-0.15, -0.1) is 11.3 Å². The zero-order valence-electron chi connectivity index (χ0n) is 11.5. The normalized spacial score (nSPS) is 27.8. The fourth-order valence-electron chi connectivity index (χ4n) is 3.88. The predicted molar refractivity (Wildman–Crippen MR) is 88.7 cm³/mol. The van der Waals surface area contributed by atoms with Crippen molar-refractivity contribution in [2.24, 2.45) is 5.92 Å². The van der Waals surface area contributed by atoms with Crippen molar-refractivity contribution in [1.82, 2.24) is 5.32 Å². The molecule has 2 aliphatic rings. The minimum absolute atomic E-state index is 0.223. The van der Waals surface area contributed by atoms with Crippen molar-refractivity contribution in [3.05, 3.63) is 19.9 Å². The lowest BCUT2D eigenvalue weighted by atomic mass is 9.79. The molecule has 1 saturated heterocycles. The van der Waals surface area contributed by atoms with Crippen molar-refractivity contribution in [2.75, 3.05) is 13.7 Å². The summed E-state index contributed by atoms with van der Waals surface area (Å²) in [5.41, 5.74) is 1.69. The summed E-state index contributed by atoms with van der Waals surface area (Å²) >= 11 is 4.27. The smallest absolute Gasteiger partial charge is 0.0686 e. The van der Waals surface area contributed by atoms with Gasteiger partial charge in [0.05, 0.1) is 8.48 Å². The van der Waals surface area contributed by atoms with Gasteiger partial charge in [-0.2, -0.15) is 0 Å². The number of halogens is 1. The van der Waals surface area contributed by atoms with E-state index in [4.69, 9.17) is 4.74 Å². The SMILES string of the molecule is CNC(c1csc(I)c1)C1CCOC2(CCCC2)C1. The number of hydrogen-bond acceptors (Lipinski definition) is 3. The molecule has 1 aromatic heterocycles. The maximum atomic E-state index is 6.17. The predicted octanol–water partition coefficient (Wildman–Crippen LogP) is 4.35. The van der Waals surface area contributed by atoms with E-state index in [0.29, 0.717) is 6.04 Å². The van der Waals surface area contributed by atoms with Crippen molar-refractivity contribution in [3.8, 4) is 0 Å². The molecule has 1 spiro atoms. The van der Waals surface area contributed by atoms with Crippen LogP contribution >= 0.6 is 33.9 Å². The standard InChI is InChI=1S/C15H22INOS/c1-17-14(12-8-13(16)19-10-12)11-4-7-18-15(9-11)5-2-3-6-15/h8,10-11,14,17H,2-7,9H2,1H3. The average Bonchev–Trinajstić information content (AvgIpc) is 3.01. The van der Waals surface area contributed by atoms with E-state index in [1.807, 2.05) is 11.3 Å². The Hall–Kier alpha value is 0.350. The molecule has 106 valence electrons. The molecule has 0 radical (unpaired) electrons. The molecule has 1 N–H and O–H groups in total. The Kier molecular flexibility index (Phi) is 4.51. The van der Waals surface area contributed by atoms with Crippen molar-refractivity contribution in [2.45, 2.75) is 50.2 Å². The molecule has 1 aromatic rings. The molecule has 2 heterocycles. The van der Waals surface area contributed by atoms with E-state index in [1.165, 1.54) is 47.0 Å². The van der Waals surface area contributed by atoms with Gasteiger partial charge in [-0.25, -0.2) is 0 Å². The summed E-state index contributed by atoms with van der Waals surface area (Å²) in [4.78, 5) is 0. The molecular formula is C15H22INOS. The Morgan fingerprint density at radius 2 is 2.26 bits per heavy atom. The van der Waals surface area contributed by atoms with Crippen molar-refractivity contribution in [1.29, 1.82) is 0 Å². The number of hydrogen-bond donors (Lipinski definition) is 1. The molecule has 0 aromatic carbocycles. The van der Waals surface area contributed by atoms with Crippen LogP contribution in [0.25, 0.3) is 0 Å². The van der Waals surface area contributed by atoms with Crippen LogP contribution in [0.5, 0.6) is 0 Å². The highest BCUT2D eigenvalue weighted by molar-refractivity contribution is 14.1. The summed E-state index contributed by atoms with van der Waals surface area (Å²) in [6, 6.07) is 2.84. The lowest BCUT2D eigenvalue weighted by Crippen LogP contribution is -2.41. The second kappa shape index (κ2) is 6.00. The maximum Gasteiger partial charge on any atom is 0.0686 e. The lowest BCUT2D eigenvalue weighted by molar-refractivity contribution is -0.0978. The summed E-state index contributed by atoms with van der Waals surface area (Å²) in [6.07, 6.45) is 7.70. The summed E-state index contributed by atoms with van der Waals surface area (Å²) < 4.78 is 7.55. The van der Waals surface area contributed by atoms with Gasteiger partial charge in [0.15, 0.2) is 0 Å². The molecule has 1 saturated carbocycles. The van der Waals surface area contributed by atoms with Crippen molar-refractivity contribution in [3.63, 3.8) is 0 Å². The van der Waals surface area contributed by atoms with Crippen LogP contribution in [0.4, 0.5) is 0 Å². The van der Waals surface area contributed by atoms with Gasteiger partial charge in [0.1, 0.15) is 0 Å². The van der Waals surface area contributed by atoms with Crippen LogP contribution in [0.2, 0.25) is 0 Å². The Morgan fingerprint density at radius 3 is 2.89 bits per heavy atom. The summed E-state index contributed by atoms with van der Waals surface area (Å²) in [5.74, 6) is 0.724. The van der Waals surface area contributed by atoms with Gasteiger partial charge in [-0.1, -0.05) is 12.8 Å². The minimum atomic E-state index is 0.223. The first-order chi connectivity index (χ1) is 9.22. The number of thiophene rings is 1. The molecular weight excluding hydrogens is 369 g/mol. The van der Waals surface area contributed by atoms with Gasteiger partial charge in [0.2, 0.25) is 0 Å². The third kappa shape index (κ3) is 3.01. The fraction of sp³-hybridized carbons (Fsp3) is 0.733. The van der Waals surface area contributed by atoms with Crippen LogP contribution in [0.15, 0.2) is 11.4 Å². The van der Waals surface area contributed by atoms with Gasteiger partial charge in [-0.05, 0) is 78.2 Å². The zero-order chi connectivity index (χ0) is 13.3. The molecule has 2 fully saturated rings. The van der Waals surface area contributed by atoms with Crippen molar-refractivity contribution < 1.29 is 4.74 Å². The van der Waals surface area contributed by atoms with Crippen molar-refractivity contribution >= 4 is 33.9 Å². The quantitative estimate of drug-likeness (QED) is 0.774. The first-order valence-corrected chi connectivity index (χ1v) is 9.23. The van der Waals surface area contributed by atoms with E-state index in [2.05, 4.69) is 46.4 Å². The highest BCUT2D eigenvalue weighted by Gasteiger charge is 2.42. The zero-order valence-corrected chi connectivity index (χ0v) is 14.4. The molecule has 2 unspecified atom stereocenters. The Balaban J connectivity index is 1.76. The van der Waals surface area contributed by atoms with E-state index >= 15 is 0 Å². The van der Waals surface area contributed by atoms with Crippen LogP contribution in [0, 0.1) is 8.80 Å². The monoisotopic (exact) mass is 391 g/mol. The molecule has 0 bridgehead atoms. The van der Waals surface area contributed by atoms with Crippen LogP contribution in [-0.2, 0) is 4.74 Å². The van der Waals surface area contributed by atoms with Crippen LogP contribution in [0.3, 0.4) is 0 Å². The van der Waals surface area contributed by atoms with E-state index < -0.39 is 0 Å². The lowest BCUT2D eigenvalue weighted by Gasteiger charge is -2.41. The highest BCUT2D eigenvalue weighted by Crippen LogP contribution is 2.45. The minimum Gasteiger partial charge on any atom is -0.375 e. The first-order valence-electron chi connectivity index (χ1n) is 7.28. The summed E-state index contributed by atoms with van der Waals surface area (Å²) in [6.45, 7) is 0.948. The van der Waals surface area contributed by atoms with E-state index in [0.717, 1.165) is 12.5 Å². The van der Waals surface area contributed by atoms with E-state index in [9.17, 15) is 0 Å². The maximum absolute atomic E-state index is 6.17. The second-order valence-corrected chi connectivity index (χ2v) is 8.75. The topological polar surface area (TPSA) is 21.3 Å². The average molecular weight is 391 g/mol. The van der Waals surface area contributed by atoms with Gasteiger partial charge in [0.25, 0.3) is 0 Å². The Labute approximate surface area is 133 Å². The molecule has 19 heavy (non-hydrogen) atoms. The molecule has 2 atom stereocenters. The van der Waals surface area contributed by atoms with Gasteiger partial charge < -0.3 is 10.1 Å². The van der Waals surface area contributed by atoms with Crippen LogP contribution in [-0.4, -0.2) is 19.3 Å². The molecule has 1 aliphatic carbocycles. The molecule has 4 heteroatoms. The number of rotatable bonds is 3. The third-order valence-electron chi connectivity index (χ3n) is 4.78. The van der Waals surface area contributed by atoms with E-state index in [-0.39, 0.29) is 5.60 Å². The van der Waals surface area contributed by atoms with Crippen LogP contribution < -0.4 is 5.32 Å². The second-order valence-electron chi connectivity index (χ2n) is 5.94. The van der Waals surface area contributed by atoms with E-state index in [1.54, 1.807) is 0 Å². The summed E-state index contributed by atoms with van der Waals surface area (Å²) in [7, 11) is 2.10. The largest absolute Gasteiger partial charge is 0.375 e. The molecule has 0 amide bonds. The molecule has 1 aliphatic heterocycles. The fourth-order valence-corrected chi connectivity index (χ4v) is 5.29. The van der Waals surface area contributed by atoms with Gasteiger partial charge in [0, 0.05) is 12.6 Å². The highest BCUT2D eigenvalue weighted by atomic mass is 127. The number of nitrogens with one attached hydrogen (secondary N) is 1. The van der Waals surface area contributed by atoms with Gasteiger partial charge >= 0.3 is 0 Å². The Bertz CT molecular complexity index is 428. The van der Waals surface area contributed by atoms with Gasteiger partial charge in [-0.3, -0.25) is 0 Å².